The number of hydrogen-bond donors (Lipinski definition) is 0. The number of ether oxygens (including phenoxy) is 1. The number of benzene rings is 1. The topological polar surface area (TPSA) is 49.4 Å². The second-order valence-corrected chi connectivity index (χ2v) is 3.92. The average Bonchev–Trinajstić information content (AvgIpc) is 2.03. The van der Waals surface area contributed by atoms with Gasteiger partial charge in [-0.2, -0.15) is 0 Å². The van der Waals surface area contributed by atoms with Crippen LogP contribution in [0, 0.1) is 0 Å². The van der Waals surface area contributed by atoms with Crippen LogP contribution in [0.4, 0.5) is 0 Å². The molecule has 1 atom stereocenters. The van der Waals surface area contributed by atoms with Crippen molar-refractivity contribution in [2.45, 2.75) is 4.90 Å². The fraction of sp³-hybridized carbons (Fsp3) is 0.143. The molecular weight excluding hydrogens is 267 g/mol. The first-order chi connectivity index (χ1) is 5.63. The summed E-state index contributed by atoms with van der Waals surface area (Å²) in [6, 6.07) is 4.65. The third-order valence-corrected chi connectivity index (χ3v) is 2.35. The molecule has 0 aliphatic heterocycles. The summed E-state index contributed by atoms with van der Waals surface area (Å²) in [6.07, 6.45) is 0. The summed E-state index contributed by atoms with van der Waals surface area (Å²) < 4.78 is 26.7. The van der Waals surface area contributed by atoms with Gasteiger partial charge in [0, 0.05) is 9.37 Å². The van der Waals surface area contributed by atoms with Crippen molar-refractivity contribution in [1.82, 2.24) is 0 Å². The van der Waals surface area contributed by atoms with Crippen LogP contribution in [0.25, 0.3) is 0 Å². The zero-order valence-corrected chi connectivity index (χ0v) is 11.6. The molecule has 0 saturated carbocycles. The van der Waals surface area contributed by atoms with Gasteiger partial charge in [-0.05, 0) is 29.3 Å². The molecule has 0 radical (unpaired) electrons. The summed E-state index contributed by atoms with van der Waals surface area (Å²) in [5, 5.41) is 0. The van der Waals surface area contributed by atoms with Crippen LogP contribution in [-0.2, 0) is 11.1 Å². The van der Waals surface area contributed by atoms with Crippen molar-refractivity contribution in [2.24, 2.45) is 0 Å². The second kappa shape index (κ2) is 6.16. The Hall–Kier alpha value is 0.610. The Morgan fingerprint density at radius 2 is 2.08 bits per heavy atom. The summed E-state index contributed by atoms with van der Waals surface area (Å²) in [7, 11) is 1.49. The summed E-state index contributed by atoms with van der Waals surface area (Å²) >= 11 is 0.958. The van der Waals surface area contributed by atoms with Crippen LogP contribution in [0.15, 0.2) is 27.6 Å². The van der Waals surface area contributed by atoms with E-state index in [4.69, 9.17) is 4.74 Å². The number of hydrogen-bond acceptors (Lipinski definition) is 3. The van der Waals surface area contributed by atoms with Gasteiger partial charge in [0.1, 0.15) is 5.75 Å². The van der Waals surface area contributed by atoms with Crippen molar-refractivity contribution >= 4 is 27.0 Å². The molecule has 0 aliphatic carbocycles. The first kappa shape index (κ1) is 13.6. The Morgan fingerprint density at radius 3 is 2.54 bits per heavy atom. The summed E-state index contributed by atoms with van der Waals surface area (Å²) in [5.41, 5.74) is 0. The molecule has 0 saturated heterocycles. The van der Waals surface area contributed by atoms with Gasteiger partial charge >= 0.3 is 29.6 Å². The third kappa shape index (κ3) is 4.10. The smallest absolute Gasteiger partial charge is 0.768 e. The van der Waals surface area contributed by atoms with Gasteiger partial charge in [0.25, 0.3) is 0 Å². The van der Waals surface area contributed by atoms with Crippen LogP contribution in [0.1, 0.15) is 0 Å². The molecule has 13 heavy (non-hydrogen) atoms. The molecule has 0 aromatic heterocycles. The maximum atomic E-state index is 10.5. The minimum atomic E-state index is -2.21. The van der Waals surface area contributed by atoms with E-state index in [2.05, 4.69) is 15.9 Å². The van der Waals surface area contributed by atoms with Crippen molar-refractivity contribution in [3.05, 3.63) is 22.7 Å². The van der Waals surface area contributed by atoms with Crippen LogP contribution in [-0.4, -0.2) is 15.9 Å². The van der Waals surface area contributed by atoms with E-state index in [9.17, 15) is 8.76 Å². The molecule has 0 heterocycles. The molecule has 66 valence electrons. The van der Waals surface area contributed by atoms with Crippen molar-refractivity contribution < 1.29 is 43.1 Å². The second-order valence-electron chi connectivity index (χ2n) is 2.06. The predicted octanol–water partition coefficient (Wildman–Crippen LogP) is -1.30. The van der Waals surface area contributed by atoms with Gasteiger partial charge in [0.05, 0.1) is 7.11 Å². The molecule has 1 rings (SSSR count). The first-order valence-corrected chi connectivity index (χ1v) is 4.94. The van der Waals surface area contributed by atoms with E-state index < -0.39 is 11.1 Å². The molecule has 1 unspecified atom stereocenters. The number of methoxy groups -OCH3 is 1. The Labute approximate surface area is 110 Å². The van der Waals surface area contributed by atoms with Crippen LogP contribution in [0.2, 0.25) is 0 Å². The maximum Gasteiger partial charge on any atom is 1.00 e. The van der Waals surface area contributed by atoms with Gasteiger partial charge in [-0.3, -0.25) is 4.21 Å². The molecule has 6 heteroatoms. The van der Waals surface area contributed by atoms with Crippen molar-refractivity contribution in [2.75, 3.05) is 7.11 Å². The molecule has 0 amide bonds. The molecule has 1 aromatic rings. The molecule has 0 N–H and O–H groups in total. The van der Waals surface area contributed by atoms with E-state index in [-0.39, 0.29) is 34.5 Å². The van der Waals surface area contributed by atoms with Gasteiger partial charge in [-0.15, -0.1) is 0 Å². The summed E-state index contributed by atoms with van der Waals surface area (Å²) in [4.78, 5) is 0.209. The zero-order chi connectivity index (χ0) is 9.14. The number of halogens is 1. The van der Waals surface area contributed by atoms with Gasteiger partial charge in [-0.25, -0.2) is 0 Å². The Morgan fingerprint density at radius 1 is 1.46 bits per heavy atom. The first-order valence-electron chi connectivity index (χ1n) is 3.07. The monoisotopic (exact) mass is 272 g/mol. The Kier molecular flexibility index (Phi) is 6.45. The van der Waals surface area contributed by atoms with E-state index in [0.29, 0.717) is 10.2 Å². The minimum absolute atomic E-state index is 0. The standard InChI is InChI=1S/C7H7BrO3S.Na/c1-11-6-2-5(8)3-7(4-6)12(9)10;/h2-4H,1H3,(H,9,10);/q;+1/p-1. The molecule has 0 aliphatic rings. The van der Waals surface area contributed by atoms with Crippen LogP contribution in [0.3, 0.4) is 0 Å². The minimum Gasteiger partial charge on any atom is -0.768 e. The average molecular weight is 273 g/mol. The van der Waals surface area contributed by atoms with Crippen molar-refractivity contribution in [3.8, 4) is 5.75 Å². The van der Waals surface area contributed by atoms with Gasteiger partial charge in [0.15, 0.2) is 0 Å². The Balaban J connectivity index is 0.00000144. The fourth-order valence-corrected chi connectivity index (χ4v) is 1.81. The molecule has 1 aromatic carbocycles. The third-order valence-electron chi connectivity index (χ3n) is 1.27. The zero-order valence-electron chi connectivity index (χ0n) is 7.24. The molecule has 0 spiro atoms. The van der Waals surface area contributed by atoms with E-state index >= 15 is 0 Å². The fourth-order valence-electron chi connectivity index (χ4n) is 0.751. The quantitative estimate of drug-likeness (QED) is 0.497. The summed E-state index contributed by atoms with van der Waals surface area (Å²) in [6.45, 7) is 0. The molecule has 3 nitrogen and oxygen atoms in total. The van der Waals surface area contributed by atoms with E-state index in [0.717, 1.165) is 0 Å². The van der Waals surface area contributed by atoms with E-state index in [1.807, 2.05) is 0 Å². The summed E-state index contributed by atoms with van der Waals surface area (Å²) in [5.74, 6) is 0.517. The van der Waals surface area contributed by atoms with Crippen LogP contribution < -0.4 is 34.3 Å². The molecule has 0 fully saturated rings. The normalized spacial score (nSPS) is 11.6. The Bertz CT molecular complexity index is 319. The van der Waals surface area contributed by atoms with Crippen LogP contribution in [0.5, 0.6) is 5.75 Å². The van der Waals surface area contributed by atoms with Crippen molar-refractivity contribution in [1.29, 1.82) is 0 Å². The van der Waals surface area contributed by atoms with Gasteiger partial charge in [0.2, 0.25) is 0 Å². The SMILES string of the molecule is COc1cc(Br)cc(S(=O)[O-])c1.[Na+]. The van der Waals surface area contributed by atoms with Gasteiger partial charge < -0.3 is 9.29 Å². The van der Waals surface area contributed by atoms with Crippen LogP contribution >= 0.6 is 15.9 Å². The van der Waals surface area contributed by atoms with Crippen molar-refractivity contribution in [3.63, 3.8) is 0 Å². The largest absolute Gasteiger partial charge is 1.00 e. The molecule has 0 bridgehead atoms. The van der Waals surface area contributed by atoms with Gasteiger partial charge in [-0.1, -0.05) is 15.9 Å². The number of rotatable bonds is 2. The molecular formula is C7H6BrNaO3S. The van der Waals surface area contributed by atoms with E-state index in [1.54, 1.807) is 6.07 Å². The predicted molar refractivity (Wildman–Crippen MR) is 47.9 cm³/mol. The maximum absolute atomic E-state index is 10.5. The van der Waals surface area contributed by atoms with E-state index in [1.165, 1.54) is 19.2 Å².